The van der Waals surface area contributed by atoms with E-state index in [9.17, 15) is 4.79 Å². The second-order valence-electron chi connectivity index (χ2n) is 5.23. The van der Waals surface area contributed by atoms with E-state index in [1.54, 1.807) is 6.20 Å². The first-order valence-electron chi connectivity index (χ1n) is 7.46. The normalized spacial score (nSPS) is 10.7. The summed E-state index contributed by atoms with van der Waals surface area (Å²) in [5.74, 6) is 1.68. The lowest BCUT2D eigenvalue weighted by molar-refractivity contribution is -0.116. The maximum atomic E-state index is 12.0. The highest BCUT2D eigenvalue weighted by atomic mass is 16.1. The summed E-state index contributed by atoms with van der Waals surface area (Å²) in [6, 6.07) is 7.50. The molecule has 23 heavy (non-hydrogen) atoms. The number of aryl methyl sites for hydroxylation is 2. The second-order valence-corrected chi connectivity index (χ2v) is 5.23. The summed E-state index contributed by atoms with van der Waals surface area (Å²) in [5.41, 5.74) is 1.70. The Kier molecular flexibility index (Phi) is 4.46. The zero-order valence-electron chi connectivity index (χ0n) is 12.9. The van der Waals surface area contributed by atoms with E-state index in [0.717, 1.165) is 30.0 Å². The Morgan fingerprint density at radius 1 is 1.26 bits per heavy atom. The van der Waals surface area contributed by atoms with Gasteiger partial charge in [0.2, 0.25) is 5.91 Å². The summed E-state index contributed by atoms with van der Waals surface area (Å²) < 4.78 is 2.04. The Labute approximate surface area is 133 Å². The van der Waals surface area contributed by atoms with E-state index >= 15 is 0 Å². The average Bonchev–Trinajstić information content (AvgIpc) is 3.20. The van der Waals surface area contributed by atoms with E-state index in [0.29, 0.717) is 12.2 Å². The molecule has 0 radical (unpaired) electrons. The van der Waals surface area contributed by atoms with Crippen molar-refractivity contribution in [3.8, 4) is 11.4 Å². The number of carbonyl (C=O) groups excluding carboxylic acids is 1. The van der Waals surface area contributed by atoms with Crippen LogP contribution in [0.3, 0.4) is 0 Å². The standard InChI is InChI=1S/C16H18N6O/c1-12-17-8-10-22(12)9-2-3-15(23)20-14-6-4-13(5-7-14)16-18-11-19-21-16/h4-8,10-11H,2-3,9H2,1H3,(H,20,23)(H,18,19,21). The zero-order valence-corrected chi connectivity index (χ0v) is 12.9. The molecule has 0 aliphatic carbocycles. The van der Waals surface area contributed by atoms with Crippen LogP contribution < -0.4 is 5.32 Å². The molecule has 1 amide bonds. The lowest BCUT2D eigenvalue weighted by Gasteiger charge is -2.07. The number of amides is 1. The van der Waals surface area contributed by atoms with Crippen molar-refractivity contribution in [2.45, 2.75) is 26.3 Å². The van der Waals surface area contributed by atoms with Crippen LogP contribution in [-0.2, 0) is 11.3 Å². The number of hydrogen-bond donors (Lipinski definition) is 2. The predicted octanol–water partition coefficient (Wildman–Crippen LogP) is 2.40. The van der Waals surface area contributed by atoms with Crippen LogP contribution >= 0.6 is 0 Å². The fourth-order valence-corrected chi connectivity index (χ4v) is 2.33. The molecular weight excluding hydrogens is 292 g/mol. The van der Waals surface area contributed by atoms with Gasteiger partial charge < -0.3 is 9.88 Å². The molecule has 0 unspecified atom stereocenters. The SMILES string of the molecule is Cc1nccn1CCCC(=O)Nc1ccc(-c2ncn[nH]2)cc1. The minimum absolute atomic E-state index is 0.00943. The smallest absolute Gasteiger partial charge is 0.224 e. The van der Waals surface area contributed by atoms with Crippen molar-refractivity contribution in [2.75, 3.05) is 5.32 Å². The van der Waals surface area contributed by atoms with E-state index in [-0.39, 0.29) is 5.91 Å². The van der Waals surface area contributed by atoms with Gasteiger partial charge in [-0.05, 0) is 37.6 Å². The van der Waals surface area contributed by atoms with Gasteiger partial charge in [0.15, 0.2) is 5.82 Å². The van der Waals surface area contributed by atoms with Gasteiger partial charge in [-0.3, -0.25) is 9.89 Å². The highest BCUT2D eigenvalue weighted by Crippen LogP contribution is 2.17. The summed E-state index contributed by atoms with van der Waals surface area (Å²) in [5, 5.41) is 9.52. The Hall–Kier alpha value is -2.96. The molecule has 0 saturated carbocycles. The quantitative estimate of drug-likeness (QED) is 0.731. The van der Waals surface area contributed by atoms with Crippen LogP contribution in [0.4, 0.5) is 5.69 Å². The monoisotopic (exact) mass is 310 g/mol. The first-order valence-corrected chi connectivity index (χ1v) is 7.46. The molecule has 3 rings (SSSR count). The van der Waals surface area contributed by atoms with Crippen molar-refractivity contribution in [1.82, 2.24) is 24.7 Å². The van der Waals surface area contributed by atoms with Gasteiger partial charge in [0, 0.05) is 36.6 Å². The summed E-state index contributed by atoms with van der Waals surface area (Å²) in [6.07, 6.45) is 6.41. The highest BCUT2D eigenvalue weighted by Gasteiger charge is 2.05. The molecule has 0 bridgehead atoms. The molecule has 0 aliphatic heterocycles. The van der Waals surface area contributed by atoms with Crippen molar-refractivity contribution in [3.63, 3.8) is 0 Å². The van der Waals surface area contributed by atoms with Gasteiger partial charge in [-0.1, -0.05) is 0 Å². The van der Waals surface area contributed by atoms with Crippen LogP contribution in [-0.4, -0.2) is 30.6 Å². The van der Waals surface area contributed by atoms with Gasteiger partial charge in [-0.15, -0.1) is 0 Å². The molecule has 2 N–H and O–H groups in total. The Morgan fingerprint density at radius 3 is 2.74 bits per heavy atom. The van der Waals surface area contributed by atoms with E-state index < -0.39 is 0 Å². The van der Waals surface area contributed by atoms with Crippen LogP contribution in [0.1, 0.15) is 18.7 Å². The predicted molar refractivity (Wildman–Crippen MR) is 86.6 cm³/mol. The van der Waals surface area contributed by atoms with E-state index in [1.165, 1.54) is 6.33 Å². The molecule has 1 aromatic carbocycles. The second kappa shape index (κ2) is 6.87. The van der Waals surface area contributed by atoms with Crippen LogP contribution in [0, 0.1) is 6.92 Å². The van der Waals surface area contributed by atoms with Crippen molar-refractivity contribution < 1.29 is 4.79 Å². The van der Waals surface area contributed by atoms with Crippen molar-refractivity contribution >= 4 is 11.6 Å². The van der Waals surface area contributed by atoms with Gasteiger partial charge in [-0.25, -0.2) is 9.97 Å². The number of rotatable bonds is 6. The topological polar surface area (TPSA) is 88.5 Å². The third kappa shape index (κ3) is 3.82. The summed E-state index contributed by atoms with van der Waals surface area (Å²) in [4.78, 5) is 20.2. The largest absolute Gasteiger partial charge is 0.335 e. The first kappa shape index (κ1) is 15.0. The van der Waals surface area contributed by atoms with Crippen molar-refractivity contribution in [1.29, 1.82) is 0 Å². The first-order chi connectivity index (χ1) is 11.2. The molecule has 2 heterocycles. The third-order valence-corrected chi connectivity index (χ3v) is 3.58. The number of nitrogens with zero attached hydrogens (tertiary/aromatic N) is 4. The number of benzene rings is 1. The van der Waals surface area contributed by atoms with E-state index in [1.807, 2.05) is 42.0 Å². The highest BCUT2D eigenvalue weighted by molar-refractivity contribution is 5.90. The third-order valence-electron chi connectivity index (χ3n) is 3.58. The number of H-pyrrole nitrogens is 1. The van der Waals surface area contributed by atoms with E-state index in [4.69, 9.17) is 0 Å². The van der Waals surface area contributed by atoms with Gasteiger partial charge >= 0.3 is 0 Å². The van der Waals surface area contributed by atoms with E-state index in [2.05, 4.69) is 25.5 Å². The lowest BCUT2D eigenvalue weighted by atomic mass is 10.2. The Balaban J connectivity index is 1.49. The number of aromatic amines is 1. The zero-order chi connectivity index (χ0) is 16.1. The number of imidazole rings is 1. The summed E-state index contributed by atoms with van der Waals surface area (Å²) in [7, 11) is 0. The molecule has 0 spiro atoms. The minimum atomic E-state index is 0.00943. The number of anilines is 1. The van der Waals surface area contributed by atoms with Crippen LogP contribution in [0.2, 0.25) is 0 Å². The molecule has 0 saturated heterocycles. The summed E-state index contributed by atoms with van der Waals surface area (Å²) >= 11 is 0. The number of carbonyl (C=O) groups is 1. The molecule has 0 aliphatic rings. The van der Waals surface area contributed by atoms with Gasteiger partial charge in [0.25, 0.3) is 0 Å². The fraction of sp³-hybridized carbons (Fsp3) is 0.250. The van der Waals surface area contributed by atoms with Crippen LogP contribution in [0.15, 0.2) is 43.0 Å². The van der Waals surface area contributed by atoms with Crippen molar-refractivity contribution in [2.24, 2.45) is 0 Å². The number of nitrogens with one attached hydrogen (secondary N) is 2. The number of aromatic nitrogens is 5. The van der Waals surface area contributed by atoms with Gasteiger partial charge in [0.05, 0.1) is 0 Å². The lowest BCUT2D eigenvalue weighted by Crippen LogP contribution is -2.12. The minimum Gasteiger partial charge on any atom is -0.335 e. The molecule has 2 aromatic heterocycles. The average molecular weight is 310 g/mol. The molecule has 118 valence electrons. The van der Waals surface area contributed by atoms with Gasteiger partial charge in [0.1, 0.15) is 12.2 Å². The maximum absolute atomic E-state index is 12.0. The maximum Gasteiger partial charge on any atom is 0.224 e. The molecule has 7 heteroatoms. The Morgan fingerprint density at radius 2 is 2.09 bits per heavy atom. The van der Waals surface area contributed by atoms with Crippen molar-refractivity contribution in [3.05, 3.63) is 48.8 Å². The number of hydrogen-bond acceptors (Lipinski definition) is 4. The van der Waals surface area contributed by atoms with Crippen LogP contribution in [0.25, 0.3) is 11.4 Å². The molecular formula is C16H18N6O. The Bertz CT molecular complexity index is 760. The summed E-state index contributed by atoms with van der Waals surface area (Å²) in [6.45, 7) is 2.75. The molecule has 0 atom stereocenters. The molecule has 0 fully saturated rings. The molecule has 7 nitrogen and oxygen atoms in total. The van der Waals surface area contributed by atoms with Gasteiger partial charge in [-0.2, -0.15) is 5.10 Å². The fourth-order valence-electron chi connectivity index (χ4n) is 2.33. The molecule has 3 aromatic rings. The van der Waals surface area contributed by atoms with Crippen LogP contribution in [0.5, 0.6) is 0 Å².